The van der Waals surface area contributed by atoms with E-state index in [1.807, 2.05) is 0 Å². The van der Waals surface area contributed by atoms with Crippen molar-refractivity contribution in [2.24, 2.45) is 0 Å². The number of hydrogen-bond donors (Lipinski definition) is 1. The van der Waals surface area contributed by atoms with Crippen LogP contribution < -0.4 is 5.73 Å². The standard InChI is InChI=1S/C16H19N/c1-11-6-7-12-8-9-15(17)16(14(12)10-11)13-4-2-3-5-13/h6-10,13H,2-5,17H2,1H3. The first-order valence-corrected chi connectivity index (χ1v) is 6.54. The Kier molecular flexibility index (Phi) is 2.54. The first-order chi connectivity index (χ1) is 8.25. The van der Waals surface area contributed by atoms with Crippen LogP contribution in [0.2, 0.25) is 0 Å². The number of hydrogen-bond acceptors (Lipinski definition) is 1. The van der Waals surface area contributed by atoms with E-state index in [2.05, 4.69) is 37.3 Å². The zero-order valence-electron chi connectivity index (χ0n) is 10.4. The van der Waals surface area contributed by atoms with Gasteiger partial charge >= 0.3 is 0 Å². The number of anilines is 1. The Bertz CT molecular complexity index is 545. The second-order valence-electron chi connectivity index (χ2n) is 5.27. The molecular weight excluding hydrogens is 206 g/mol. The zero-order valence-corrected chi connectivity index (χ0v) is 10.4. The fraction of sp³-hybridized carbons (Fsp3) is 0.375. The fourth-order valence-electron chi connectivity index (χ4n) is 3.14. The lowest BCUT2D eigenvalue weighted by Crippen LogP contribution is -2.00. The lowest BCUT2D eigenvalue weighted by atomic mass is 9.90. The number of aryl methyl sites for hydroxylation is 1. The molecule has 17 heavy (non-hydrogen) atoms. The predicted molar refractivity (Wildman–Crippen MR) is 74.3 cm³/mol. The summed E-state index contributed by atoms with van der Waals surface area (Å²) in [5, 5.41) is 2.70. The van der Waals surface area contributed by atoms with E-state index in [0.29, 0.717) is 5.92 Å². The van der Waals surface area contributed by atoms with Gasteiger partial charge in [-0.05, 0) is 48.1 Å². The highest BCUT2D eigenvalue weighted by molar-refractivity contribution is 5.90. The van der Waals surface area contributed by atoms with Gasteiger partial charge in [0.2, 0.25) is 0 Å². The van der Waals surface area contributed by atoms with Gasteiger partial charge in [-0.25, -0.2) is 0 Å². The van der Waals surface area contributed by atoms with E-state index in [1.165, 1.54) is 47.6 Å². The largest absolute Gasteiger partial charge is 0.398 e. The minimum absolute atomic E-state index is 0.681. The highest BCUT2D eigenvalue weighted by Gasteiger charge is 2.21. The van der Waals surface area contributed by atoms with E-state index in [-0.39, 0.29) is 0 Å². The number of nitrogen functional groups attached to an aromatic ring is 1. The predicted octanol–water partition coefficient (Wildman–Crippen LogP) is 4.39. The molecule has 1 nitrogen and oxygen atoms in total. The summed E-state index contributed by atoms with van der Waals surface area (Å²) < 4.78 is 0. The average molecular weight is 225 g/mol. The van der Waals surface area contributed by atoms with Crippen LogP contribution in [0.4, 0.5) is 5.69 Å². The van der Waals surface area contributed by atoms with Gasteiger partial charge in [-0.15, -0.1) is 0 Å². The van der Waals surface area contributed by atoms with Crippen LogP contribution in [0.15, 0.2) is 30.3 Å². The molecule has 88 valence electrons. The summed E-state index contributed by atoms with van der Waals surface area (Å²) in [6.07, 6.45) is 5.31. The Labute approximate surface area is 103 Å². The van der Waals surface area contributed by atoms with E-state index < -0.39 is 0 Å². The first-order valence-electron chi connectivity index (χ1n) is 6.54. The lowest BCUT2D eigenvalue weighted by molar-refractivity contribution is 0.732. The molecule has 0 saturated heterocycles. The molecular formula is C16H19N. The highest BCUT2D eigenvalue weighted by Crippen LogP contribution is 2.40. The van der Waals surface area contributed by atoms with Crippen molar-refractivity contribution in [1.82, 2.24) is 0 Å². The molecule has 2 aromatic carbocycles. The molecule has 1 aliphatic rings. The van der Waals surface area contributed by atoms with Crippen molar-refractivity contribution in [3.05, 3.63) is 41.5 Å². The maximum atomic E-state index is 6.22. The molecule has 0 atom stereocenters. The van der Waals surface area contributed by atoms with E-state index in [4.69, 9.17) is 5.73 Å². The molecule has 0 aliphatic heterocycles. The third kappa shape index (κ3) is 1.80. The Balaban J connectivity index is 2.25. The number of benzene rings is 2. The minimum atomic E-state index is 0.681. The summed E-state index contributed by atoms with van der Waals surface area (Å²) in [5.41, 5.74) is 9.93. The van der Waals surface area contributed by atoms with Crippen LogP contribution in [0.1, 0.15) is 42.7 Å². The Morgan fingerprint density at radius 3 is 2.53 bits per heavy atom. The Hall–Kier alpha value is -1.50. The fourth-order valence-corrected chi connectivity index (χ4v) is 3.14. The number of nitrogens with two attached hydrogens (primary N) is 1. The quantitative estimate of drug-likeness (QED) is 0.716. The molecule has 0 unspecified atom stereocenters. The van der Waals surface area contributed by atoms with Gasteiger partial charge in [0.15, 0.2) is 0 Å². The van der Waals surface area contributed by atoms with Gasteiger partial charge in [0.25, 0.3) is 0 Å². The molecule has 3 rings (SSSR count). The molecule has 1 aliphatic carbocycles. The SMILES string of the molecule is Cc1ccc2ccc(N)c(C3CCCC3)c2c1. The summed E-state index contributed by atoms with van der Waals surface area (Å²) in [6, 6.07) is 10.9. The first kappa shape index (κ1) is 10.6. The smallest absolute Gasteiger partial charge is 0.0355 e. The number of rotatable bonds is 1. The summed E-state index contributed by atoms with van der Waals surface area (Å²) in [6.45, 7) is 2.15. The molecule has 0 radical (unpaired) electrons. The topological polar surface area (TPSA) is 26.0 Å². The molecule has 2 N–H and O–H groups in total. The van der Waals surface area contributed by atoms with Crippen molar-refractivity contribution in [1.29, 1.82) is 0 Å². The van der Waals surface area contributed by atoms with Crippen LogP contribution in [-0.4, -0.2) is 0 Å². The molecule has 0 spiro atoms. The van der Waals surface area contributed by atoms with Gasteiger partial charge in [-0.1, -0.05) is 42.7 Å². The van der Waals surface area contributed by atoms with Crippen LogP contribution in [-0.2, 0) is 0 Å². The zero-order chi connectivity index (χ0) is 11.8. The minimum Gasteiger partial charge on any atom is -0.398 e. The van der Waals surface area contributed by atoms with Crippen molar-refractivity contribution in [2.45, 2.75) is 38.5 Å². The van der Waals surface area contributed by atoms with Crippen molar-refractivity contribution in [2.75, 3.05) is 5.73 Å². The van der Waals surface area contributed by atoms with Crippen LogP contribution in [0.3, 0.4) is 0 Å². The third-order valence-electron chi connectivity index (χ3n) is 4.02. The third-order valence-corrected chi connectivity index (χ3v) is 4.02. The molecule has 1 fully saturated rings. The molecule has 0 aromatic heterocycles. The lowest BCUT2D eigenvalue weighted by Gasteiger charge is -2.16. The van der Waals surface area contributed by atoms with E-state index >= 15 is 0 Å². The Morgan fingerprint density at radius 2 is 1.76 bits per heavy atom. The molecule has 0 bridgehead atoms. The van der Waals surface area contributed by atoms with Gasteiger partial charge < -0.3 is 5.73 Å². The van der Waals surface area contributed by atoms with Crippen molar-refractivity contribution in [3.8, 4) is 0 Å². The average Bonchev–Trinajstić information content (AvgIpc) is 2.82. The van der Waals surface area contributed by atoms with Crippen molar-refractivity contribution < 1.29 is 0 Å². The maximum Gasteiger partial charge on any atom is 0.0355 e. The van der Waals surface area contributed by atoms with Crippen molar-refractivity contribution in [3.63, 3.8) is 0 Å². The van der Waals surface area contributed by atoms with Crippen LogP contribution >= 0.6 is 0 Å². The Morgan fingerprint density at radius 1 is 1.06 bits per heavy atom. The second-order valence-corrected chi connectivity index (χ2v) is 5.27. The van der Waals surface area contributed by atoms with Gasteiger partial charge in [0.1, 0.15) is 0 Å². The second kappa shape index (κ2) is 4.06. The van der Waals surface area contributed by atoms with Gasteiger partial charge in [-0.2, -0.15) is 0 Å². The molecule has 1 heteroatoms. The highest BCUT2D eigenvalue weighted by atomic mass is 14.6. The van der Waals surface area contributed by atoms with Crippen molar-refractivity contribution >= 4 is 16.5 Å². The monoisotopic (exact) mass is 225 g/mol. The summed E-state index contributed by atoms with van der Waals surface area (Å²) in [4.78, 5) is 0. The van der Waals surface area contributed by atoms with Crippen LogP contribution in [0.25, 0.3) is 10.8 Å². The molecule has 0 amide bonds. The van der Waals surface area contributed by atoms with E-state index in [0.717, 1.165) is 5.69 Å². The normalized spacial score (nSPS) is 16.8. The van der Waals surface area contributed by atoms with Gasteiger partial charge in [0, 0.05) is 5.69 Å². The molecule has 0 heterocycles. The molecule has 1 saturated carbocycles. The van der Waals surface area contributed by atoms with Crippen LogP contribution in [0, 0.1) is 6.92 Å². The maximum absolute atomic E-state index is 6.22. The van der Waals surface area contributed by atoms with Gasteiger partial charge in [-0.3, -0.25) is 0 Å². The van der Waals surface area contributed by atoms with E-state index in [9.17, 15) is 0 Å². The van der Waals surface area contributed by atoms with Crippen LogP contribution in [0.5, 0.6) is 0 Å². The number of fused-ring (bicyclic) bond motifs is 1. The summed E-state index contributed by atoms with van der Waals surface area (Å²) >= 11 is 0. The van der Waals surface area contributed by atoms with E-state index in [1.54, 1.807) is 0 Å². The summed E-state index contributed by atoms with van der Waals surface area (Å²) in [7, 11) is 0. The molecule has 2 aromatic rings. The van der Waals surface area contributed by atoms with Gasteiger partial charge in [0.05, 0.1) is 0 Å². The summed E-state index contributed by atoms with van der Waals surface area (Å²) in [5.74, 6) is 0.681.